The van der Waals surface area contributed by atoms with Crippen molar-refractivity contribution in [3.63, 3.8) is 0 Å². The van der Waals surface area contributed by atoms with Crippen molar-refractivity contribution < 1.29 is 17.5 Å². The molecule has 3 aromatic rings. The number of nitrogens with two attached hydrogens (primary N) is 2. The van der Waals surface area contributed by atoms with E-state index in [0.717, 1.165) is 5.56 Å². The maximum absolute atomic E-state index is 15.0. The lowest BCUT2D eigenvalue weighted by atomic mass is 9.91. The smallest absolute Gasteiger partial charge is 0.240 e. The van der Waals surface area contributed by atoms with Crippen LogP contribution in [0.5, 0.6) is 0 Å². The Kier molecular flexibility index (Phi) is 5.79. The van der Waals surface area contributed by atoms with Crippen molar-refractivity contribution in [2.75, 3.05) is 12.3 Å². The van der Waals surface area contributed by atoms with E-state index in [4.69, 9.17) is 15.6 Å². The Hall–Kier alpha value is -2.74. The largest absolute Gasteiger partial charge is 0.398 e. The molecule has 0 aromatic heterocycles. The Labute approximate surface area is 163 Å². The van der Waals surface area contributed by atoms with Gasteiger partial charge in [-0.2, -0.15) is 0 Å². The first-order valence-corrected chi connectivity index (χ1v) is 10.3. The van der Waals surface area contributed by atoms with Gasteiger partial charge >= 0.3 is 0 Å². The first kappa shape index (κ1) is 20.0. The molecule has 7 heteroatoms. The van der Waals surface area contributed by atoms with Crippen molar-refractivity contribution in [3.8, 4) is 22.3 Å². The molecular weight excluding hydrogens is 379 g/mol. The Morgan fingerprint density at radius 1 is 0.929 bits per heavy atom. The van der Waals surface area contributed by atoms with Gasteiger partial charge in [0.1, 0.15) is 10.7 Å². The van der Waals surface area contributed by atoms with E-state index in [1.807, 2.05) is 19.1 Å². The Morgan fingerprint density at radius 2 is 1.57 bits per heavy atom. The van der Waals surface area contributed by atoms with Crippen molar-refractivity contribution in [2.24, 2.45) is 5.14 Å². The van der Waals surface area contributed by atoms with E-state index in [-0.39, 0.29) is 21.7 Å². The lowest BCUT2D eigenvalue weighted by molar-refractivity contribution is 0.134. The Balaban J connectivity index is 2.33. The van der Waals surface area contributed by atoms with E-state index < -0.39 is 15.8 Å². The molecule has 0 aliphatic rings. The summed E-state index contributed by atoms with van der Waals surface area (Å²) in [6, 6.07) is 16.4. The minimum atomic E-state index is -4.12. The van der Waals surface area contributed by atoms with Gasteiger partial charge in [0.25, 0.3) is 0 Å². The molecule has 0 radical (unpaired) electrons. The van der Waals surface area contributed by atoms with Gasteiger partial charge in [0, 0.05) is 17.7 Å². The van der Waals surface area contributed by atoms with Crippen LogP contribution in [0.25, 0.3) is 22.3 Å². The highest BCUT2D eigenvalue weighted by Gasteiger charge is 2.23. The Bertz CT molecular complexity index is 1110. The van der Waals surface area contributed by atoms with Crippen LogP contribution in [-0.4, -0.2) is 15.0 Å². The fraction of sp³-hybridized carbons (Fsp3) is 0.143. The van der Waals surface area contributed by atoms with Gasteiger partial charge in [0.15, 0.2) is 0 Å². The molecule has 0 saturated carbocycles. The minimum Gasteiger partial charge on any atom is -0.398 e. The highest BCUT2D eigenvalue weighted by Crippen LogP contribution is 2.40. The van der Waals surface area contributed by atoms with E-state index in [2.05, 4.69) is 0 Å². The van der Waals surface area contributed by atoms with Crippen molar-refractivity contribution in [1.82, 2.24) is 0 Å². The quantitative estimate of drug-likeness (QED) is 0.613. The second-order valence-corrected chi connectivity index (χ2v) is 7.72. The minimum absolute atomic E-state index is 0.0119. The second-order valence-electron chi connectivity index (χ2n) is 6.23. The molecule has 0 aliphatic heterocycles. The molecule has 146 valence electrons. The Morgan fingerprint density at radius 3 is 2.29 bits per heavy atom. The second kappa shape index (κ2) is 8.10. The van der Waals surface area contributed by atoms with Crippen LogP contribution in [0.2, 0.25) is 0 Å². The van der Waals surface area contributed by atoms with Crippen molar-refractivity contribution in [3.05, 3.63) is 72.0 Å². The molecule has 0 unspecified atom stereocenters. The van der Waals surface area contributed by atoms with Crippen LogP contribution in [0.3, 0.4) is 0 Å². The van der Waals surface area contributed by atoms with Gasteiger partial charge in [0.05, 0.1) is 12.3 Å². The zero-order chi connectivity index (χ0) is 20.3. The first-order chi connectivity index (χ1) is 13.3. The van der Waals surface area contributed by atoms with E-state index in [9.17, 15) is 12.8 Å². The van der Waals surface area contributed by atoms with Gasteiger partial charge in [-0.1, -0.05) is 48.5 Å². The summed E-state index contributed by atoms with van der Waals surface area (Å²) in [6.45, 7) is 2.70. The number of halogens is 1. The van der Waals surface area contributed by atoms with Gasteiger partial charge < -0.3 is 10.5 Å². The molecule has 28 heavy (non-hydrogen) atoms. The third-order valence-electron chi connectivity index (χ3n) is 4.38. The van der Waals surface area contributed by atoms with Crippen LogP contribution in [0.4, 0.5) is 10.1 Å². The predicted octanol–water partition coefficient (Wildman–Crippen LogP) is 3.93. The summed E-state index contributed by atoms with van der Waals surface area (Å²) in [7, 11) is -4.12. The number of rotatable bonds is 6. The predicted molar refractivity (Wildman–Crippen MR) is 108 cm³/mol. The average molecular weight is 400 g/mol. The summed E-state index contributed by atoms with van der Waals surface area (Å²) < 4.78 is 44.9. The van der Waals surface area contributed by atoms with E-state index in [1.165, 1.54) is 18.2 Å². The van der Waals surface area contributed by atoms with Crippen molar-refractivity contribution >= 4 is 15.7 Å². The van der Waals surface area contributed by atoms with Crippen LogP contribution in [-0.2, 0) is 21.4 Å². The topological polar surface area (TPSA) is 95.4 Å². The lowest BCUT2D eigenvalue weighted by Crippen LogP contribution is -2.16. The highest BCUT2D eigenvalue weighted by molar-refractivity contribution is 7.89. The zero-order valence-corrected chi connectivity index (χ0v) is 16.2. The van der Waals surface area contributed by atoms with Gasteiger partial charge in [0.2, 0.25) is 10.0 Å². The van der Waals surface area contributed by atoms with Crippen LogP contribution in [0.1, 0.15) is 12.5 Å². The van der Waals surface area contributed by atoms with Crippen LogP contribution >= 0.6 is 0 Å². The maximum atomic E-state index is 15.0. The monoisotopic (exact) mass is 400 g/mol. The number of hydrogen-bond acceptors (Lipinski definition) is 4. The van der Waals surface area contributed by atoms with E-state index in [0.29, 0.717) is 24.3 Å². The molecule has 5 nitrogen and oxygen atoms in total. The van der Waals surface area contributed by atoms with Crippen molar-refractivity contribution in [2.45, 2.75) is 18.4 Å². The maximum Gasteiger partial charge on any atom is 0.240 e. The number of ether oxygens (including phenoxy) is 1. The van der Waals surface area contributed by atoms with Gasteiger partial charge in [-0.25, -0.2) is 17.9 Å². The molecule has 0 aliphatic carbocycles. The average Bonchev–Trinajstić information content (AvgIpc) is 2.65. The third-order valence-corrected chi connectivity index (χ3v) is 5.41. The van der Waals surface area contributed by atoms with Crippen LogP contribution < -0.4 is 10.9 Å². The molecule has 3 aromatic carbocycles. The molecule has 0 fully saturated rings. The number of hydrogen-bond donors (Lipinski definition) is 2. The summed E-state index contributed by atoms with van der Waals surface area (Å²) in [5, 5.41) is 5.40. The number of anilines is 1. The first-order valence-electron chi connectivity index (χ1n) is 8.70. The zero-order valence-electron chi connectivity index (χ0n) is 15.4. The van der Waals surface area contributed by atoms with Gasteiger partial charge in [-0.15, -0.1) is 0 Å². The summed E-state index contributed by atoms with van der Waals surface area (Å²) >= 11 is 0. The van der Waals surface area contributed by atoms with Gasteiger partial charge in [-0.05, 0) is 35.7 Å². The molecule has 4 N–H and O–H groups in total. The molecule has 0 bridgehead atoms. The number of sulfonamides is 1. The summed E-state index contributed by atoms with van der Waals surface area (Å²) in [5.74, 6) is -0.482. The SMILES string of the molecule is CCOCc1ccccc1-c1c(F)cccc1-c1cccc(N)c1S(N)(=O)=O. The molecule has 0 heterocycles. The highest BCUT2D eigenvalue weighted by atomic mass is 32.2. The molecule has 0 saturated heterocycles. The normalized spacial score (nSPS) is 11.5. The van der Waals surface area contributed by atoms with Crippen LogP contribution in [0, 0.1) is 5.82 Å². The third kappa shape index (κ3) is 3.91. The number of nitrogen functional groups attached to an aromatic ring is 1. The van der Waals surface area contributed by atoms with Gasteiger partial charge in [-0.3, -0.25) is 0 Å². The van der Waals surface area contributed by atoms with Crippen molar-refractivity contribution in [1.29, 1.82) is 0 Å². The summed E-state index contributed by atoms with van der Waals surface area (Å²) in [5.41, 5.74) is 8.23. The fourth-order valence-electron chi connectivity index (χ4n) is 3.21. The molecule has 3 rings (SSSR count). The molecule has 0 atom stereocenters. The standard InChI is InChI=1S/C21H21FN2O3S/c1-2-27-13-14-7-3-4-8-15(14)20-16(9-5-11-18(20)22)17-10-6-12-19(23)21(17)28(24,25)26/h3-12H,2,13,23H2,1H3,(H2,24,25,26). The fourth-order valence-corrected chi connectivity index (χ4v) is 4.09. The lowest BCUT2D eigenvalue weighted by Gasteiger charge is -2.17. The molecule has 0 spiro atoms. The van der Waals surface area contributed by atoms with E-state index in [1.54, 1.807) is 30.3 Å². The number of benzene rings is 3. The van der Waals surface area contributed by atoms with Crippen LogP contribution in [0.15, 0.2) is 65.6 Å². The number of primary sulfonamides is 1. The van der Waals surface area contributed by atoms with E-state index >= 15 is 0 Å². The molecule has 0 amide bonds. The summed E-state index contributed by atoms with van der Waals surface area (Å²) in [4.78, 5) is -0.218. The summed E-state index contributed by atoms with van der Waals surface area (Å²) in [6.07, 6.45) is 0. The molecular formula is C21H21FN2O3S.